The van der Waals surface area contributed by atoms with Crippen LogP contribution in [0.4, 0.5) is 0 Å². The first-order valence-corrected chi connectivity index (χ1v) is 7.01. The number of hydrogen-bond acceptors (Lipinski definition) is 1. The lowest BCUT2D eigenvalue weighted by molar-refractivity contribution is 0.867. The van der Waals surface area contributed by atoms with Gasteiger partial charge in [0.25, 0.3) is 0 Å². The molecule has 18 heavy (non-hydrogen) atoms. The van der Waals surface area contributed by atoms with Gasteiger partial charge < -0.3 is 5.73 Å². The highest BCUT2D eigenvalue weighted by atomic mass is 79.9. The Morgan fingerprint density at radius 3 is 2.22 bits per heavy atom. The maximum Gasteiger partial charge on any atom is 0.0551 e. The fourth-order valence-corrected chi connectivity index (χ4v) is 2.26. The lowest BCUT2D eigenvalue weighted by atomic mass is 9.97. The van der Waals surface area contributed by atoms with Crippen LogP contribution in [0, 0.1) is 6.92 Å². The summed E-state index contributed by atoms with van der Waals surface area (Å²) < 4.78 is 1.12. The molecular weight excluding hydrogens is 286 g/mol. The molecule has 2 N–H and O–H groups in total. The molecule has 2 heteroatoms. The van der Waals surface area contributed by atoms with Gasteiger partial charge in [0.15, 0.2) is 0 Å². The van der Waals surface area contributed by atoms with Crippen molar-refractivity contribution in [1.29, 1.82) is 0 Å². The van der Waals surface area contributed by atoms with Gasteiger partial charge in [-0.3, -0.25) is 0 Å². The lowest BCUT2D eigenvalue weighted by Crippen LogP contribution is -2.12. The molecule has 0 spiro atoms. The van der Waals surface area contributed by atoms with E-state index < -0.39 is 0 Å². The standard InChI is InChI=1S/C16H18BrN/c1-3-12-4-6-13(7-5-12)16(18)14-8-9-15(17)11(2)10-14/h4-10,16H,3,18H2,1-2H3. The number of hydrogen-bond donors (Lipinski definition) is 1. The van der Waals surface area contributed by atoms with Crippen LogP contribution in [-0.4, -0.2) is 0 Å². The normalized spacial score (nSPS) is 12.4. The summed E-state index contributed by atoms with van der Waals surface area (Å²) in [6.07, 6.45) is 1.06. The van der Waals surface area contributed by atoms with Gasteiger partial charge in [0.2, 0.25) is 0 Å². The summed E-state index contributed by atoms with van der Waals surface area (Å²) in [5, 5.41) is 0. The molecule has 0 saturated heterocycles. The maximum atomic E-state index is 6.31. The van der Waals surface area contributed by atoms with Gasteiger partial charge in [-0.15, -0.1) is 0 Å². The van der Waals surface area contributed by atoms with Crippen molar-refractivity contribution in [3.8, 4) is 0 Å². The van der Waals surface area contributed by atoms with Gasteiger partial charge in [-0.1, -0.05) is 59.3 Å². The number of benzene rings is 2. The summed E-state index contributed by atoms with van der Waals surface area (Å²) in [5.74, 6) is 0. The first kappa shape index (κ1) is 13.3. The van der Waals surface area contributed by atoms with Gasteiger partial charge in [-0.05, 0) is 41.7 Å². The monoisotopic (exact) mass is 303 g/mol. The Balaban J connectivity index is 2.28. The van der Waals surface area contributed by atoms with Crippen LogP contribution in [0.1, 0.15) is 35.2 Å². The zero-order chi connectivity index (χ0) is 13.1. The van der Waals surface area contributed by atoms with Gasteiger partial charge in [0, 0.05) is 4.47 Å². The Hall–Kier alpha value is -1.12. The minimum Gasteiger partial charge on any atom is -0.320 e. The third kappa shape index (κ3) is 2.82. The predicted molar refractivity (Wildman–Crippen MR) is 80.7 cm³/mol. The Labute approximate surface area is 117 Å². The van der Waals surface area contributed by atoms with Gasteiger partial charge in [0.1, 0.15) is 0 Å². The first-order chi connectivity index (χ1) is 8.61. The molecule has 0 fully saturated rings. The van der Waals surface area contributed by atoms with Crippen molar-refractivity contribution in [2.45, 2.75) is 26.3 Å². The number of halogens is 1. The second-order valence-corrected chi connectivity index (χ2v) is 5.44. The third-order valence-electron chi connectivity index (χ3n) is 3.29. The molecule has 0 radical (unpaired) electrons. The number of aryl methyl sites for hydroxylation is 2. The van der Waals surface area contributed by atoms with E-state index in [1.54, 1.807) is 0 Å². The van der Waals surface area contributed by atoms with E-state index in [1.807, 2.05) is 0 Å². The van der Waals surface area contributed by atoms with Crippen LogP contribution >= 0.6 is 15.9 Å². The van der Waals surface area contributed by atoms with Crippen LogP contribution in [0.5, 0.6) is 0 Å². The van der Waals surface area contributed by atoms with E-state index in [2.05, 4.69) is 72.2 Å². The molecule has 0 aromatic heterocycles. The Morgan fingerprint density at radius 2 is 1.67 bits per heavy atom. The van der Waals surface area contributed by atoms with Crippen LogP contribution in [0.3, 0.4) is 0 Å². The summed E-state index contributed by atoms with van der Waals surface area (Å²) in [7, 11) is 0. The lowest BCUT2D eigenvalue weighted by Gasteiger charge is -2.14. The predicted octanol–water partition coefficient (Wildman–Crippen LogP) is 4.37. The molecular formula is C16H18BrN. The van der Waals surface area contributed by atoms with E-state index in [4.69, 9.17) is 5.73 Å². The second-order valence-electron chi connectivity index (χ2n) is 4.58. The van der Waals surface area contributed by atoms with E-state index in [-0.39, 0.29) is 6.04 Å². The molecule has 1 nitrogen and oxygen atoms in total. The van der Waals surface area contributed by atoms with E-state index in [0.29, 0.717) is 0 Å². The highest BCUT2D eigenvalue weighted by Crippen LogP contribution is 2.24. The molecule has 2 aromatic carbocycles. The zero-order valence-electron chi connectivity index (χ0n) is 10.8. The fraction of sp³-hybridized carbons (Fsp3) is 0.250. The Bertz CT molecular complexity index is 531. The zero-order valence-corrected chi connectivity index (χ0v) is 12.4. The molecule has 1 unspecified atom stereocenters. The Morgan fingerprint density at radius 1 is 1.06 bits per heavy atom. The second kappa shape index (κ2) is 5.68. The summed E-state index contributed by atoms with van der Waals surface area (Å²) in [5.41, 5.74) is 11.2. The number of rotatable bonds is 3. The van der Waals surface area contributed by atoms with Crippen LogP contribution in [0.25, 0.3) is 0 Å². The van der Waals surface area contributed by atoms with Crippen molar-refractivity contribution in [3.05, 3.63) is 69.2 Å². The van der Waals surface area contributed by atoms with Crippen molar-refractivity contribution in [3.63, 3.8) is 0 Å². The van der Waals surface area contributed by atoms with E-state index >= 15 is 0 Å². The molecule has 0 heterocycles. The molecule has 0 saturated carbocycles. The minimum absolute atomic E-state index is 0.0530. The summed E-state index contributed by atoms with van der Waals surface area (Å²) >= 11 is 3.51. The van der Waals surface area contributed by atoms with Crippen LogP contribution in [-0.2, 0) is 6.42 Å². The van der Waals surface area contributed by atoms with Gasteiger partial charge in [0.05, 0.1) is 6.04 Å². The molecule has 0 amide bonds. The SMILES string of the molecule is CCc1ccc(C(N)c2ccc(Br)c(C)c2)cc1. The molecule has 0 aliphatic heterocycles. The van der Waals surface area contributed by atoms with E-state index in [9.17, 15) is 0 Å². The molecule has 0 aliphatic carbocycles. The van der Waals surface area contributed by atoms with Crippen molar-refractivity contribution < 1.29 is 0 Å². The van der Waals surface area contributed by atoms with Crippen molar-refractivity contribution in [1.82, 2.24) is 0 Å². The van der Waals surface area contributed by atoms with E-state index in [1.165, 1.54) is 11.1 Å². The maximum absolute atomic E-state index is 6.31. The fourth-order valence-electron chi connectivity index (χ4n) is 2.01. The molecule has 0 bridgehead atoms. The smallest absolute Gasteiger partial charge is 0.0551 e. The Kier molecular flexibility index (Phi) is 4.20. The van der Waals surface area contributed by atoms with Gasteiger partial charge >= 0.3 is 0 Å². The van der Waals surface area contributed by atoms with E-state index in [0.717, 1.165) is 22.0 Å². The van der Waals surface area contributed by atoms with Gasteiger partial charge in [-0.25, -0.2) is 0 Å². The minimum atomic E-state index is -0.0530. The number of nitrogens with two attached hydrogens (primary N) is 1. The quantitative estimate of drug-likeness (QED) is 0.895. The van der Waals surface area contributed by atoms with Crippen LogP contribution < -0.4 is 5.73 Å². The highest BCUT2D eigenvalue weighted by molar-refractivity contribution is 9.10. The topological polar surface area (TPSA) is 26.0 Å². The van der Waals surface area contributed by atoms with Crippen LogP contribution in [0.2, 0.25) is 0 Å². The summed E-state index contributed by atoms with van der Waals surface area (Å²) in [6, 6.07) is 14.8. The summed E-state index contributed by atoms with van der Waals surface area (Å²) in [6.45, 7) is 4.24. The molecule has 1 atom stereocenters. The molecule has 94 valence electrons. The molecule has 2 aromatic rings. The molecule has 2 rings (SSSR count). The summed E-state index contributed by atoms with van der Waals surface area (Å²) in [4.78, 5) is 0. The van der Waals surface area contributed by atoms with Crippen LogP contribution in [0.15, 0.2) is 46.9 Å². The third-order valence-corrected chi connectivity index (χ3v) is 4.18. The van der Waals surface area contributed by atoms with Crippen molar-refractivity contribution >= 4 is 15.9 Å². The first-order valence-electron chi connectivity index (χ1n) is 6.22. The molecule has 0 aliphatic rings. The van der Waals surface area contributed by atoms with Gasteiger partial charge in [-0.2, -0.15) is 0 Å². The average molecular weight is 304 g/mol. The highest BCUT2D eigenvalue weighted by Gasteiger charge is 2.09. The van der Waals surface area contributed by atoms with Crippen molar-refractivity contribution in [2.75, 3.05) is 0 Å². The average Bonchev–Trinajstić information content (AvgIpc) is 2.41. The largest absolute Gasteiger partial charge is 0.320 e. The van der Waals surface area contributed by atoms with Crippen molar-refractivity contribution in [2.24, 2.45) is 5.73 Å².